The summed E-state index contributed by atoms with van der Waals surface area (Å²) in [5.41, 5.74) is 5.69. The van der Waals surface area contributed by atoms with Crippen LogP contribution in [0.1, 0.15) is 22.6 Å². The van der Waals surface area contributed by atoms with Crippen molar-refractivity contribution in [1.29, 1.82) is 0 Å². The SMILES string of the molecule is S=C=Nc1ccc(C(c2ccc(N=C=S)cc2)c2ccc(N=C=S)cc2)cc1. The van der Waals surface area contributed by atoms with Crippen LogP contribution in [0.5, 0.6) is 0 Å². The molecule has 0 bridgehead atoms. The van der Waals surface area contributed by atoms with Crippen LogP contribution in [-0.2, 0) is 0 Å². The molecule has 134 valence electrons. The summed E-state index contributed by atoms with van der Waals surface area (Å²) < 4.78 is 0. The molecule has 0 unspecified atom stereocenters. The molecular formula is C22H13N3S3. The highest BCUT2D eigenvalue weighted by Crippen LogP contribution is 2.34. The molecule has 3 aromatic rings. The number of benzene rings is 3. The van der Waals surface area contributed by atoms with Crippen molar-refractivity contribution in [2.75, 3.05) is 0 Å². The lowest BCUT2D eigenvalue weighted by atomic mass is 9.85. The quantitative estimate of drug-likeness (QED) is 0.245. The van der Waals surface area contributed by atoms with Gasteiger partial charge in [-0.2, -0.15) is 15.0 Å². The minimum Gasteiger partial charge on any atom is -0.195 e. The molecule has 28 heavy (non-hydrogen) atoms. The molecule has 0 aromatic heterocycles. The molecule has 0 spiro atoms. The molecular weight excluding hydrogens is 402 g/mol. The van der Waals surface area contributed by atoms with Gasteiger partial charge in [0.15, 0.2) is 0 Å². The van der Waals surface area contributed by atoms with Gasteiger partial charge in [-0.3, -0.25) is 0 Å². The standard InChI is InChI=1S/C22H13N3S3/c26-13-23-19-7-1-16(2-8-19)22(17-3-9-20(10-4-17)24-14-27)18-5-11-21(12-6-18)25-15-28/h1-12,22H. The molecule has 0 heterocycles. The fourth-order valence-corrected chi connectivity index (χ4v) is 3.28. The number of rotatable bonds is 6. The van der Waals surface area contributed by atoms with Crippen LogP contribution in [0, 0.1) is 0 Å². The van der Waals surface area contributed by atoms with Gasteiger partial charge in [0.05, 0.1) is 32.5 Å². The smallest absolute Gasteiger partial charge is 0.0739 e. The van der Waals surface area contributed by atoms with Crippen LogP contribution in [0.15, 0.2) is 87.8 Å². The molecule has 0 aliphatic carbocycles. The van der Waals surface area contributed by atoms with E-state index in [2.05, 4.69) is 67.1 Å². The average Bonchev–Trinajstić information content (AvgIpc) is 2.73. The summed E-state index contributed by atoms with van der Waals surface area (Å²) in [6, 6.07) is 23.8. The summed E-state index contributed by atoms with van der Waals surface area (Å²) in [5.74, 6) is 0.0292. The molecule has 0 aliphatic rings. The molecule has 6 heteroatoms. The second-order valence-corrected chi connectivity index (χ2v) is 6.36. The summed E-state index contributed by atoms with van der Waals surface area (Å²) in [6.07, 6.45) is 0. The van der Waals surface area contributed by atoms with Crippen LogP contribution in [0.2, 0.25) is 0 Å². The van der Waals surface area contributed by atoms with Crippen LogP contribution < -0.4 is 0 Å². The maximum absolute atomic E-state index is 4.68. The predicted octanol–water partition coefficient (Wildman–Crippen LogP) is 7.07. The van der Waals surface area contributed by atoms with E-state index in [-0.39, 0.29) is 5.92 Å². The van der Waals surface area contributed by atoms with Gasteiger partial charge in [-0.1, -0.05) is 36.4 Å². The maximum Gasteiger partial charge on any atom is 0.0739 e. The molecule has 0 radical (unpaired) electrons. The molecule has 3 rings (SSSR count). The van der Waals surface area contributed by atoms with Crippen LogP contribution in [0.4, 0.5) is 17.1 Å². The van der Waals surface area contributed by atoms with Crippen LogP contribution in [-0.4, -0.2) is 15.5 Å². The van der Waals surface area contributed by atoms with Gasteiger partial charge in [0.1, 0.15) is 0 Å². The molecule has 0 atom stereocenters. The molecule has 0 saturated heterocycles. The van der Waals surface area contributed by atoms with E-state index in [4.69, 9.17) is 0 Å². The first kappa shape index (κ1) is 19.8. The molecule has 0 fully saturated rings. The van der Waals surface area contributed by atoms with E-state index in [9.17, 15) is 0 Å². The number of aliphatic imine (C=N–C) groups is 3. The number of hydrogen-bond acceptors (Lipinski definition) is 6. The zero-order valence-electron chi connectivity index (χ0n) is 14.6. The van der Waals surface area contributed by atoms with Gasteiger partial charge >= 0.3 is 0 Å². The number of isothiocyanates is 3. The first-order valence-corrected chi connectivity index (χ1v) is 9.51. The topological polar surface area (TPSA) is 37.1 Å². The Bertz CT molecular complexity index is 955. The Balaban J connectivity index is 2.07. The average molecular weight is 416 g/mol. The van der Waals surface area contributed by atoms with Crippen molar-refractivity contribution in [3.05, 3.63) is 89.5 Å². The van der Waals surface area contributed by atoms with Crippen LogP contribution >= 0.6 is 36.7 Å². The third-order valence-corrected chi connectivity index (χ3v) is 4.48. The maximum atomic E-state index is 4.68. The van der Waals surface area contributed by atoms with E-state index < -0.39 is 0 Å². The van der Waals surface area contributed by atoms with E-state index in [1.54, 1.807) is 0 Å². The van der Waals surface area contributed by atoms with Gasteiger partial charge in [-0.25, -0.2) is 0 Å². The van der Waals surface area contributed by atoms with E-state index in [0.717, 1.165) is 33.8 Å². The summed E-state index contributed by atoms with van der Waals surface area (Å²) in [7, 11) is 0. The lowest BCUT2D eigenvalue weighted by Gasteiger charge is -2.19. The summed E-state index contributed by atoms with van der Waals surface area (Å²) >= 11 is 14.0. The summed E-state index contributed by atoms with van der Waals surface area (Å²) in [5, 5.41) is 7.17. The Kier molecular flexibility index (Phi) is 6.96. The number of hydrogen-bond donors (Lipinski definition) is 0. The third-order valence-electron chi connectivity index (χ3n) is 4.20. The Morgan fingerprint density at radius 3 is 0.929 bits per heavy atom. The van der Waals surface area contributed by atoms with E-state index >= 15 is 0 Å². The van der Waals surface area contributed by atoms with E-state index in [0.29, 0.717) is 0 Å². The normalized spacial score (nSPS) is 10.7. The number of nitrogens with zero attached hydrogens (tertiary/aromatic N) is 3. The van der Waals surface area contributed by atoms with Crippen molar-refractivity contribution in [3.8, 4) is 0 Å². The lowest BCUT2D eigenvalue weighted by Crippen LogP contribution is -2.03. The Hall–Kier alpha value is -2.94. The second-order valence-electron chi connectivity index (χ2n) is 5.82. The van der Waals surface area contributed by atoms with E-state index in [1.807, 2.05) is 72.8 Å². The molecule has 0 saturated carbocycles. The van der Waals surface area contributed by atoms with Gasteiger partial charge in [0.2, 0.25) is 0 Å². The highest BCUT2D eigenvalue weighted by Gasteiger charge is 2.17. The van der Waals surface area contributed by atoms with Gasteiger partial charge in [0, 0.05) is 5.92 Å². The van der Waals surface area contributed by atoms with Gasteiger partial charge < -0.3 is 0 Å². The molecule has 0 N–H and O–H groups in total. The second kappa shape index (κ2) is 9.84. The zero-order chi connectivity index (χ0) is 19.8. The van der Waals surface area contributed by atoms with Gasteiger partial charge in [0.25, 0.3) is 0 Å². The zero-order valence-corrected chi connectivity index (χ0v) is 17.0. The Labute approximate surface area is 179 Å². The summed E-state index contributed by atoms with van der Waals surface area (Å²) in [4.78, 5) is 12.1. The molecule has 3 nitrogen and oxygen atoms in total. The van der Waals surface area contributed by atoms with Crippen molar-refractivity contribution in [2.24, 2.45) is 15.0 Å². The monoisotopic (exact) mass is 415 g/mol. The first-order valence-electron chi connectivity index (χ1n) is 8.28. The lowest BCUT2D eigenvalue weighted by molar-refractivity contribution is 0.977. The van der Waals surface area contributed by atoms with Crippen LogP contribution in [0.3, 0.4) is 0 Å². The third kappa shape index (κ3) is 4.86. The minimum absolute atomic E-state index is 0.0292. The minimum atomic E-state index is 0.0292. The first-order chi connectivity index (χ1) is 13.7. The largest absolute Gasteiger partial charge is 0.195 e. The fourth-order valence-electron chi connectivity index (χ4n) is 2.96. The Morgan fingerprint density at radius 2 is 0.714 bits per heavy atom. The van der Waals surface area contributed by atoms with Gasteiger partial charge in [-0.15, -0.1) is 0 Å². The summed E-state index contributed by atoms with van der Waals surface area (Å²) in [6.45, 7) is 0. The van der Waals surface area contributed by atoms with Crippen LogP contribution in [0.25, 0.3) is 0 Å². The van der Waals surface area contributed by atoms with Gasteiger partial charge in [-0.05, 0) is 89.7 Å². The Morgan fingerprint density at radius 1 is 0.464 bits per heavy atom. The highest BCUT2D eigenvalue weighted by molar-refractivity contribution is 7.78. The molecule has 3 aromatic carbocycles. The predicted molar refractivity (Wildman–Crippen MR) is 124 cm³/mol. The van der Waals surface area contributed by atoms with Crippen molar-refractivity contribution < 1.29 is 0 Å². The number of thiocarbonyl (C=S) groups is 3. The fraction of sp³-hybridized carbons (Fsp3) is 0.0455. The molecule has 0 amide bonds. The van der Waals surface area contributed by atoms with Crippen molar-refractivity contribution in [2.45, 2.75) is 5.92 Å². The van der Waals surface area contributed by atoms with Crippen molar-refractivity contribution in [3.63, 3.8) is 0 Å². The highest BCUT2D eigenvalue weighted by atomic mass is 32.1. The van der Waals surface area contributed by atoms with Crippen molar-refractivity contribution >= 4 is 69.2 Å². The van der Waals surface area contributed by atoms with Crippen molar-refractivity contribution in [1.82, 2.24) is 0 Å². The molecule has 0 aliphatic heterocycles. The van der Waals surface area contributed by atoms with E-state index in [1.165, 1.54) is 0 Å².